The van der Waals surface area contributed by atoms with Gasteiger partial charge >= 0.3 is 0 Å². The molecule has 0 saturated carbocycles. The molecule has 0 atom stereocenters. The van der Waals surface area contributed by atoms with Crippen LogP contribution in [-0.4, -0.2) is 9.97 Å². The number of aromatic nitrogens is 2. The molecule has 0 radical (unpaired) electrons. The molecule has 3 rings (SSSR count). The number of rotatable bonds is 1. The zero-order valence-corrected chi connectivity index (χ0v) is 11.7. The van der Waals surface area contributed by atoms with Gasteiger partial charge in [0.15, 0.2) is 5.82 Å². The van der Waals surface area contributed by atoms with Gasteiger partial charge in [0.2, 0.25) is 0 Å². The van der Waals surface area contributed by atoms with Crippen molar-refractivity contribution in [3.05, 3.63) is 58.2 Å². The number of fused-ring (bicyclic) bond motifs is 1. The average Bonchev–Trinajstić information content (AvgIpc) is 2.38. The molecule has 0 saturated heterocycles. The van der Waals surface area contributed by atoms with E-state index in [0.29, 0.717) is 16.0 Å². The molecule has 19 heavy (non-hydrogen) atoms. The number of hydrogen-bond acceptors (Lipinski definition) is 2. The van der Waals surface area contributed by atoms with Crippen LogP contribution < -0.4 is 0 Å². The molecular formula is C15H10Cl2N2. The second-order valence-electron chi connectivity index (χ2n) is 4.31. The lowest BCUT2D eigenvalue weighted by molar-refractivity contribution is 1.21. The Kier molecular flexibility index (Phi) is 3.13. The van der Waals surface area contributed by atoms with Crippen LogP contribution in [0.3, 0.4) is 0 Å². The van der Waals surface area contributed by atoms with Crippen LogP contribution in [0.25, 0.3) is 22.3 Å². The van der Waals surface area contributed by atoms with Gasteiger partial charge in [-0.1, -0.05) is 47.5 Å². The highest BCUT2D eigenvalue weighted by molar-refractivity contribution is 6.35. The second-order valence-corrected chi connectivity index (χ2v) is 5.11. The van der Waals surface area contributed by atoms with E-state index in [1.165, 1.54) is 0 Å². The molecule has 0 aliphatic carbocycles. The van der Waals surface area contributed by atoms with Gasteiger partial charge in [-0.25, -0.2) is 9.97 Å². The lowest BCUT2D eigenvalue weighted by Crippen LogP contribution is -1.93. The molecule has 1 aromatic heterocycles. The van der Waals surface area contributed by atoms with Gasteiger partial charge in [-0.05, 0) is 30.7 Å². The summed E-state index contributed by atoms with van der Waals surface area (Å²) in [5, 5.41) is 1.89. The molecule has 0 fully saturated rings. The van der Waals surface area contributed by atoms with Crippen molar-refractivity contribution in [2.75, 3.05) is 0 Å². The molecule has 3 aromatic rings. The van der Waals surface area contributed by atoms with Crippen LogP contribution >= 0.6 is 23.2 Å². The summed E-state index contributed by atoms with van der Waals surface area (Å²) < 4.78 is 0. The van der Waals surface area contributed by atoms with E-state index >= 15 is 0 Å². The van der Waals surface area contributed by atoms with Crippen molar-refractivity contribution in [2.45, 2.75) is 6.92 Å². The fourth-order valence-corrected chi connectivity index (χ4v) is 2.41. The average molecular weight is 289 g/mol. The standard InChI is InChI=1S/C15H10Cl2N2/c1-9-4-2-3-5-11(9)15-18-13-8-10(16)6-7-12(13)14(17)19-15/h2-8H,1H3. The second kappa shape index (κ2) is 4.80. The van der Waals surface area contributed by atoms with Gasteiger partial charge in [-0.2, -0.15) is 0 Å². The Morgan fingerprint density at radius 1 is 0.947 bits per heavy atom. The SMILES string of the molecule is Cc1ccccc1-c1nc(Cl)c2ccc(Cl)cc2n1. The predicted octanol–water partition coefficient (Wildman–Crippen LogP) is 4.91. The largest absolute Gasteiger partial charge is 0.228 e. The Balaban J connectivity index is 2.29. The molecular weight excluding hydrogens is 279 g/mol. The summed E-state index contributed by atoms with van der Waals surface area (Å²) in [6.45, 7) is 2.02. The maximum atomic E-state index is 6.22. The van der Waals surface area contributed by atoms with Crippen LogP contribution in [0.5, 0.6) is 0 Å². The Hall–Kier alpha value is -1.64. The van der Waals surface area contributed by atoms with Gasteiger partial charge < -0.3 is 0 Å². The van der Waals surface area contributed by atoms with Gasteiger partial charge in [0, 0.05) is 16.0 Å². The van der Waals surface area contributed by atoms with Crippen molar-refractivity contribution in [3.8, 4) is 11.4 Å². The maximum Gasteiger partial charge on any atom is 0.161 e. The van der Waals surface area contributed by atoms with Crippen molar-refractivity contribution >= 4 is 34.1 Å². The van der Waals surface area contributed by atoms with Crippen LogP contribution in [-0.2, 0) is 0 Å². The topological polar surface area (TPSA) is 25.8 Å². The van der Waals surface area contributed by atoms with Crippen molar-refractivity contribution in [2.24, 2.45) is 0 Å². The Bertz CT molecular complexity index is 769. The summed E-state index contributed by atoms with van der Waals surface area (Å²) in [4.78, 5) is 8.92. The van der Waals surface area contributed by atoms with Crippen LogP contribution in [0.2, 0.25) is 10.2 Å². The van der Waals surface area contributed by atoms with Crippen molar-refractivity contribution in [1.82, 2.24) is 9.97 Å². The van der Waals surface area contributed by atoms with Gasteiger partial charge in [-0.15, -0.1) is 0 Å². The number of nitrogens with zero attached hydrogens (tertiary/aromatic N) is 2. The van der Waals surface area contributed by atoms with Crippen LogP contribution in [0.4, 0.5) is 0 Å². The molecule has 0 N–H and O–H groups in total. The smallest absolute Gasteiger partial charge is 0.161 e. The number of hydrogen-bond donors (Lipinski definition) is 0. The summed E-state index contributed by atoms with van der Waals surface area (Å²) in [5.41, 5.74) is 2.84. The lowest BCUT2D eigenvalue weighted by atomic mass is 10.1. The summed E-state index contributed by atoms with van der Waals surface area (Å²) in [6, 6.07) is 13.4. The van der Waals surface area contributed by atoms with E-state index < -0.39 is 0 Å². The van der Waals surface area contributed by atoms with E-state index in [4.69, 9.17) is 23.2 Å². The van der Waals surface area contributed by atoms with E-state index in [2.05, 4.69) is 9.97 Å². The Labute approximate surface area is 121 Å². The van der Waals surface area contributed by atoms with Crippen LogP contribution in [0.1, 0.15) is 5.56 Å². The summed E-state index contributed by atoms with van der Waals surface area (Å²) in [7, 11) is 0. The lowest BCUT2D eigenvalue weighted by Gasteiger charge is -2.07. The number of aryl methyl sites for hydroxylation is 1. The maximum absolute atomic E-state index is 6.22. The molecule has 1 heterocycles. The summed E-state index contributed by atoms with van der Waals surface area (Å²) in [5.74, 6) is 0.623. The van der Waals surface area contributed by atoms with Gasteiger partial charge in [0.05, 0.1) is 5.52 Å². The molecule has 4 heteroatoms. The van der Waals surface area contributed by atoms with Crippen LogP contribution in [0.15, 0.2) is 42.5 Å². The molecule has 0 amide bonds. The fourth-order valence-electron chi connectivity index (χ4n) is 2.01. The van der Waals surface area contributed by atoms with E-state index in [1.54, 1.807) is 12.1 Å². The van der Waals surface area contributed by atoms with Gasteiger partial charge in [0.1, 0.15) is 5.15 Å². The minimum absolute atomic E-state index is 0.444. The predicted molar refractivity (Wildman–Crippen MR) is 79.7 cm³/mol. The van der Waals surface area contributed by atoms with Crippen LogP contribution in [0, 0.1) is 6.92 Å². The molecule has 0 spiro atoms. The van der Waals surface area contributed by atoms with Crippen molar-refractivity contribution in [1.29, 1.82) is 0 Å². The third-order valence-corrected chi connectivity index (χ3v) is 3.52. The highest BCUT2D eigenvalue weighted by atomic mass is 35.5. The summed E-state index contributed by atoms with van der Waals surface area (Å²) in [6.07, 6.45) is 0. The zero-order chi connectivity index (χ0) is 13.4. The highest BCUT2D eigenvalue weighted by Gasteiger charge is 2.09. The van der Waals surface area contributed by atoms with E-state index in [1.807, 2.05) is 37.3 Å². The minimum atomic E-state index is 0.444. The molecule has 0 unspecified atom stereocenters. The third-order valence-electron chi connectivity index (χ3n) is 3.00. The van der Waals surface area contributed by atoms with E-state index in [-0.39, 0.29) is 0 Å². The van der Waals surface area contributed by atoms with Gasteiger partial charge in [-0.3, -0.25) is 0 Å². The molecule has 94 valence electrons. The quantitative estimate of drug-likeness (QED) is 0.595. The first kappa shape index (κ1) is 12.4. The first-order valence-corrected chi connectivity index (χ1v) is 6.59. The summed E-state index contributed by atoms with van der Waals surface area (Å²) >= 11 is 12.2. The zero-order valence-electron chi connectivity index (χ0n) is 10.2. The fraction of sp³-hybridized carbons (Fsp3) is 0.0667. The van der Waals surface area contributed by atoms with Gasteiger partial charge in [0.25, 0.3) is 0 Å². The van der Waals surface area contributed by atoms with Crippen molar-refractivity contribution < 1.29 is 0 Å². The highest BCUT2D eigenvalue weighted by Crippen LogP contribution is 2.27. The number of halogens is 2. The monoisotopic (exact) mass is 288 g/mol. The minimum Gasteiger partial charge on any atom is -0.228 e. The normalized spacial score (nSPS) is 10.9. The first-order chi connectivity index (χ1) is 9.15. The Morgan fingerprint density at radius 3 is 2.53 bits per heavy atom. The third kappa shape index (κ3) is 2.29. The molecule has 2 aromatic carbocycles. The number of benzene rings is 2. The van der Waals surface area contributed by atoms with E-state index in [9.17, 15) is 0 Å². The van der Waals surface area contributed by atoms with Crippen molar-refractivity contribution in [3.63, 3.8) is 0 Å². The molecule has 2 nitrogen and oxygen atoms in total. The molecule has 0 bridgehead atoms. The molecule has 0 aliphatic rings. The molecule has 0 aliphatic heterocycles. The first-order valence-electron chi connectivity index (χ1n) is 5.84. The van der Waals surface area contributed by atoms with E-state index in [0.717, 1.165) is 22.0 Å². The Morgan fingerprint density at radius 2 is 1.74 bits per heavy atom.